The Balaban J connectivity index is 1.20. The number of carbonyl (C=O) groups is 2. The summed E-state index contributed by atoms with van der Waals surface area (Å²) in [7, 11) is 0. The van der Waals surface area contributed by atoms with E-state index in [1.165, 1.54) is 0 Å². The maximum Gasteiger partial charge on any atom is 0.407 e. The van der Waals surface area contributed by atoms with E-state index >= 15 is 0 Å². The number of carbonyl (C=O) groups excluding carboxylic acids is 1. The Morgan fingerprint density at radius 2 is 1.66 bits per heavy atom. The van der Waals surface area contributed by atoms with E-state index in [9.17, 15) is 14.7 Å². The maximum atomic E-state index is 12.6. The first kappa shape index (κ1) is 25.2. The minimum Gasteiger partial charge on any atom is -0.480 e. The molecule has 0 bridgehead atoms. The van der Waals surface area contributed by atoms with Crippen LogP contribution in [0.5, 0.6) is 0 Å². The van der Waals surface area contributed by atoms with Crippen LogP contribution >= 0.6 is 0 Å². The second kappa shape index (κ2) is 11.3. The number of nitrogens with zero attached hydrogens (tertiary/aromatic N) is 2. The molecule has 0 unspecified atom stereocenters. The summed E-state index contributed by atoms with van der Waals surface area (Å²) in [5.41, 5.74) is 5.85. The third kappa shape index (κ3) is 5.42. The van der Waals surface area contributed by atoms with Gasteiger partial charge in [-0.05, 0) is 34.7 Å². The van der Waals surface area contributed by atoms with Gasteiger partial charge in [-0.15, -0.1) is 0 Å². The van der Waals surface area contributed by atoms with Gasteiger partial charge in [0.05, 0.1) is 0 Å². The van der Waals surface area contributed by atoms with Gasteiger partial charge in [-0.3, -0.25) is 0 Å². The highest BCUT2D eigenvalue weighted by atomic mass is 16.5. The van der Waals surface area contributed by atoms with E-state index in [1.807, 2.05) is 43.3 Å². The van der Waals surface area contributed by atoms with E-state index in [1.54, 1.807) is 24.3 Å². The number of hydrogen-bond donors (Lipinski definition) is 2. The van der Waals surface area contributed by atoms with E-state index in [-0.39, 0.29) is 25.6 Å². The van der Waals surface area contributed by atoms with Crippen LogP contribution in [0.1, 0.15) is 35.4 Å². The molecule has 0 radical (unpaired) electrons. The standard InChI is InChI=1S/C29H27N3O6/c1-2-36-17-26-31-27(32-38-26)19-13-11-18(12-14-19)15-25(28(33)34)30-29(35)37-16-24-22-9-5-3-7-20(22)21-8-4-6-10-23(21)24/h3-14,24-25H,2,15-17H2,1H3,(H,30,35)(H,33,34)/t25-/m0/s1. The fraction of sp³-hybridized carbons (Fsp3) is 0.241. The van der Waals surface area contributed by atoms with Crippen molar-refractivity contribution in [2.75, 3.05) is 13.2 Å². The average Bonchev–Trinajstić information content (AvgIpc) is 3.54. The topological polar surface area (TPSA) is 124 Å². The number of carboxylic acids is 1. The lowest BCUT2D eigenvalue weighted by Crippen LogP contribution is -2.42. The lowest BCUT2D eigenvalue weighted by molar-refractivity contribution is -0.139. The van der Waals surface area contributed by atoms with Gasteiger partial charge in [0.2, 0.25) is 5.82 Å². The zero-order chi connectivity index (χ0) is 26.5. The summed E-state index contributed by atoms with van der Waals surface area (Å²) in [6.45, 7) is 2.77. The number of rotatable bonds is 10. The van der Waals surface area contributed by atoms with Crippen molar-refractivity contribution < 1.29 is 28.7 Å². The largest absolute Gasteiger partial charge is 0.480 e. The Bertz CT molecular complexity index is 1390. The van der Waals surface area contributed by atoms with Crippen LogP contribution < -0.4 is 5.32 Å². The number of aromatic nitrogens is 2. The predicted molar refractivity (Wildman–Crippen MR) is 138 cm³/mol. The molecule has 0 saturated carbocycles. The van der Waals surface area contributed by atoms with Gasteiger partial charge in [0.25, 0.3) is 5.89 Å². The number of hydrogen-bond acceptors (Lipinski definition) is 7. The van der Waals surface area contributed by atoms with Crippen LogP contribution in [0.15, 0.2) is 77.3 Å². The summed E-state index contributed by atoms with van der Waals surface area (Å²) < 4.78 is 15.9. The summed E-state index contributed by atoms with van der Waals surface area (Å²) in [4.78, 5) is 28.8. The first-order valence-corrected chi connectivity index (χ1v) is 12.4. The molecule has 38 heavy (non-hydrogen) atoms. The zero-order valence-corrected chi connectivity index (χ0v) is 20.8. The van der Waals surface area contributed by atoms with Gasteiger partial charge >= 0.3 is 12.1 Å². The Kier molecular flexibility index (Phi) is 7.46. The number of carboxylic acid groups (broad SMARTS) is 1. The summed E-state index contributed by atoms with van der Waals surface area (Å²) in [6, 6.07) is 22.0. The molecule has 0 aliphatic heterocycles. The van der Waals surface area contributed by atoms with Crippen molar-refractivity contribution in [1.82, 2.24) is 15.5 Å². The predicted octanol–water partition coefficient (Wildman–Crippen LogP) is 4.81. The molecule has 1 aromatic heterocycles. The quantitative estimate of drug-likeness (QED) is 0.310. The molecule has 1 heterocycles. The van der Waals surface area contributed by atoms with Crippen molar-refractivity contribution >= 4 is 12.1 Å². The Hall–Kier alpha value is -4.50. The van der Waals surface area contributed by atoms with Crippen LogP contribution in [-0.4, -0.2) is 46.6 Å². The monoisotopic (exact) mass is 513 g/mol. The minimum absolute atomic E-state index is 0.0850. The summed E-state index contributed by atoms with van der Waals surface area (Å²) in [5.74, 6) is -0.466. The van der Waals surface area contributed by atoms with Gasteiger partial charge in [-0.2, -0.15) is 4.98 Å². The molecule has 194 valence electrons. The number of ether oxygens (including phenoxy) is 2. The van der Waals surface area contributed by atoms with Crippen LogP contribution in [0.2, 0.25) is 0 Å². The van der Waals surface area contributed by atoms with Gasteiger partial charge in [0.15, 0.2) is 0 Å². The number of nitrogens with one attached hydrogen (secondary N) is 1. The highest BCUT2D eigenvalue weighted by Gasteiger charge is 2.29. The Morgan fingerprint density at radius 3 is 2.29 bits per heavy atom. The molecule has 2 N–H and O–H groups in total. The summed E-state index contributed by atoms with van der Waals surface area (Å²) in [6.07, 6.45) is -0.689. The van der Waals surface area contributed by atoms with Gasteiger partial charge in [-0.1, -0.05) is 78.0 Å². The maximum absolute atomic E-state index is 12.6. The molecule has 1 aliphatic rings. The first-order chi connectivity index (χ1) is 18.5. The highest BCUT2D eigenvalue weighted by molar-refractivity contribution is 5.81. The number of amides is 1. The van der Waals surface area contributed by atoms with E-state index in [2.05, 4.69) is 27.6 Å². The van der Waals surface area contributed by atoms with Crippen molar-refractivity contribution in [1.29, 1.82) is 0 Å². The number of benzene rings is 3. The summed E-state index contributed by atoms with van der Waals surface area (Å²) in [5, 5.41) is 16.2. The average molecular weight is 514 g/mol. The lowest BCUT2D eigenvalue weighted by atomic mass is 9.98. The smallest absolute Gasteiger partial charge is 0.407 e. The molecule has 0 saturated heterocycles. The van der Waals surface area contributed by atoms with Crippen molar-refractivity contribution in [2.45, 2.75) is 31.9 Å². The first-order valence-electron chi connectivity index (χ1n) is 12.4. The van der Waals surface area contributed by atoms with Crippen molar-refractivity contribution in [2.24, 2.45) is 0 Å². The third-order valence-corrected chi connectivity index (χ3v) is 6.48. The minimum atomic E-state index is -1.15. The van der Waals surface area contributed by atoms with Gasteiger partial charge < -0.3 is 24.4 Å². The number of fused-ring (bicyclic) bond motifs is 3. The molecule has 3 aromatic carbocycles. The molecule has 1 atom stereocenters. The molecule has 0 spiro atoms. The molecular weight excluding hydrogens is 486 g/mol. The SMILES string of the molecule is CCOCc1nc(-c2ccc(C[C@H](NC(=O)OCC3c4ccccc4-c4ccccc43)C(=O)O)cc2)no1. The lowest BCUT2D eigenvalue weighted by Gasteiger charge is -2.17. The van der Waals surface area contributed by atoms with Gasteiger partial charge in [0.1, 0.15) is 19.3 Å². The number of aliphatic carboxylic acids is 1. The van der Waals surface area contributed by atoms with Crippen molar-refractivity contribution in [3.8, 4) is 22.5 Å². The molecule has 1 aliphatic carbocycles. The fourth-order valence-corrected chi connectivity index (χ4v) is 4.63. The van der Waals surface area contributed by atoms with Gasteiger partial charge in [0, 0.05) is 24.5 Å². The van der Waals surface area contributed by atoms with E-state index in [0.717, 1.165) is 33.4 Å². The Morgan fingerprint density at radius 1 is 1.00 bits per heavy atom. The second-order valence-corrected chi connectivity index (χ2v) is 8.91. The molecule has 5 rings (SSSR count). The number of alkyl carbamates (subject to hydrolysis) is 1. The van der Waals surface area contributed by atoms with Crippen LogP contribution in [0.4, 0.5) is 4.79 Å². The fourth-order valence-electron chi connectivity index (χ4n) is 4.63. The molecule has 9 heteroatoms. The molecular formula is C29H27N3O6. The zero-order valence-electron chi connectivity index (χ0n) is 20.8. The molecule has 4 aromatic rings. The van der Waals surface area contributed by atoms with E-state index in [4.69, 9.17) is 14.0 Å². The third-order valence-electron chi connectivity index (χ3n) is 6.48. The Labute approximate surface area is 219 Å². The van der Waals surface area contributed by atoms with Crippen LogP contribution in [0.25, 0.3) is 22.5 Å². The van der Waals surface area contributed by atoms with Crippen molar-refractivity contribution in [3.05, 3.63) is 95.4 Å². The van der Waals surface area contributed by atoms with E-state index in [0.29, 0.717) is 18.3 Å². The van der Waals surface area contributed by atoms with Crippen molar-refractivity contribution in [3.63, 3.8) is 0 Å². The molecule has 1 amide bonds. The van der Waals surface area contributed by atoms with Gasteiger partial charge in [-0.25, -0.2) is 9.59 Å². The summed E-state index contributed by atoms with van der Waals surface area (Å²) >= 11 is 0. The second-order valence-electron chi connectivity index (χ2n) is 8.91. The van der Waals surface area contributed by atoms with E-state index < -0.39 is 18.1 Å². The van der Waals surface area contributed by atoms with Crippen LogP contribution in [0.3, 0.4) is 0 Å². The van der Waals surface area contributed by atoms with Crippen LogP contribution in [-0.2, 0) is 27.3 Å². The highest BCUT2D eigenvalue weighted by Crippen LogP contribution is 2.44. The molecule has 9 nitrogen and oxygen atoms in total. The molecule has 0 fully saturated rings. The normalized spacial score (nSPS) is 13.0. The van der Waals surface area contributed by atoms with Crippen LogP contribution in [0, 0.1) is 0 Å².